The standard InChI is InChI=1S/C20H32N4O8S/c1-5-16(27)23-15(20(31)22-12(3)9-26)10-32-17(28)7-6-14(24-18(29)13(4)33)19(30)21-11(2)8-25/h8-9,11-15,33H,5-7,10H2,1-4H3,(H,21,30)(H,22,31)(H,23,27)(H,24,29)/i8T. The Hall–Kier alpha value is -2.96. The quantitative estimate of drug-likeness (QED) is 0.104. The summed E-state index contributed by atoms with van der Waals surface area (Å²) in [4.78, 5) is 82.3. The van der Waals surface area contributed by atoms with Crippen molar-refractivity contribution < 1.29 is 39.7 Å². The zero-order valence-electron chi connectivity index (χ0n) is 20.0. The molecule has 5 unspecified atom stereocenters. The summed E-state index contributed by atoms with van der Waals surface area (Å²) in [5.74, 6) is -3.41. The van der Waals surface area contributed by atoms with Crippen molar-refractivity contribution in [2.75, 3.05) is 6.61 Å². The van der Waals surface area contributed by atoms with Gasteiger partial charge >= 0.3 is 5.97 Å². The molecule has 0 aromatic heterocycles. The van der Waals surface area contributed by atoms with Gasteiger partial charge < -0.3 is 35.6 Å². The van der Waals surface area contributed by atoms with E-state index in [0.717, 1.165) is 0 Å². The normalized spacial score (nSPS) is 15.4. The maximum absolute atomic E-state index is 12.4. The summed E-state index contributed by atoms with van der Waals surface area (Å²) >= 11 is 3.97. The minimum Gasteiger partial charge on any atom is -0.463 e. The molecule has 33 heavy (non-hydrogen) atoms. The molecule has 0 aliphatic rings. The van der Waals surface area contributed by atoms with E-state index in [-0.39, 0.29) is 19.3 Å². The zero-order chi connectivity index (χ0) is 26.4. The van der Waals surface area contributed by atoms with Crippen molar-refractivity contribution in [1.82, 2.24) is 21.3 Å². The smallest absolute Gasteiger partial charge is 0.305 e. The van der Waals surface area contributed by atoms with Gasteiger partial charge in [-0.25, -0.2) is 0 Å². The van der Waals surface area contributed by atoms with E-state index in [0.29, 0.717) is 6.29 Å². The zero-order valence-corrected chi connectivity index (χ0v) is 19.9. The molecule has 0 bridgehead atoms. The molecule has 0 saturated carbocycles. The lowest BCUT2D eigenvalue weighted by atomic mass is 10.1. The molecule has 0 aliphatic carbocycles. The summed E-state index contributed by atoms with van der Waals surface area (Å²) in [6.45, 7) is 5.23. The number of hydrogen-bond acceptors (Lipinski definition) is 9. The van der Waals surface area contributed by atoms with Crippen LogP contribution in [0.1, 0.15) is 48.3 Å². The van der Waals surface area contributed by atoms with E-state index in [4.69, 9.17) is 6.11 Å². The van der Waals surface area contributed by atoms with Gasteiger partial charge in [-0.05, 0) is 27.2 Å². The fraction of sp³-hybridized carbons (Fsp3) is 0.650. The molecule has 4 N–H and O–H groups in total. The number of rotatable bonds is 15. The van der Waals surface area contributed by atoms with Crippen LogP contribution in [-0.2, 0) is 38.3 Å². The molecule has 0 fully saturated rings. The van der Waals surface area contributed by atoms with Crippen LogP contribution < -0.4 is 21.3 Å². The summed E-state index contributed by atoms with van der Waals surface area (Å²) in [6.07, 6.45) is -1.05. The predicted molar refractivity (Wildman–Crippen MR) is 120 cm³/mol. The molecule has 0 heterocycles. The third-order valence-corrected chi connectivity index (χ3v) is 4.38. The summed E-state index contributed by atoms with van der Waals surface area (Å²) in [5.41, 5.74) is 0. The van der Waals surface area contributed by atoms with Gasteiger partial charge in [0.15, 0.2) is 0 Å². The molecular weight excluding hydrogens is 456 g/mol. The fourth-order valence-corrected chi connectivity index (χ4v) is 2.33. The Morgan fingerprint density at radius 1 is 0.909 bits per heavy atom. The fourth-order valence-electron chi connectivity index (χ4n) is 2.25. The molecule has 0 aromatic carbocycles. The molecule has 0 spiro atoms. The molecule has 0 aliphatic heterocycles. The second-order valence-corrected chi connectivity index (χ2v) is 7.99. The first-order valence-electron chi connectivity index (χ1n) is 10.8. The van der Waals surface area contributed by atoms with E-state index in [2.05, 4.69) is 33.9 Å². The van der Waals surface area contributed by atoms with Crippen LogP contribution in [0.2, 0.25) is 0 Å². The number of hydrogen-bond donors (Lipinski definition) is 5. The first-order valence-corrected chi connectivity index (χ1v) is 10.8. The van der Waals surface area contributed by atoms with Crippen molar-refractivity contribution in [2.45, 2.75) is 76.4 Å². The van der Waals surface area contributed by atoms with Crippen molar-refractivity contribution in [1.29, 1.82) is 0 Å². The summed E-state index contributed by atoms with van der Waals surface area (Å²) in [7, 11) is 0. The molecule has 0 aromatic rings. The van der Waals surface area contributed by atoms with Gasteiger partial charge in [-0.1, -0.05) is 6.92 Å². The minimum absolute atomic E-state index is 0.0697. The highest BCUT2D eigenvalue weighted by molar-refractivity contribution is 7.81. The molecular formula is C20H32N4O8S. The van der Waals surface area contributed by atoms with Crippen LogP contribution in [0.5, 0.6) is 0 Å². The number of amides is 4. The third kappa shape index (κ3) is 12.6. The number of aldehydes is 2. The van der Waals surface area contributed by atoms with E-state index < -0.39 is 71.9 Å². The second-order valence-electron chi connectivity index (χ2n) is 7.21. The van der Waals surface area contributed by atoms with Crippen molar-refractivity contribution in [2.24, 2.45) is 0 Å². The number of thiol groups is 1. The number of nitrogens with one attached hydrogen (secondary N) is 4. The summed E-state index contributed by atoms with van der Waals surface area (Å²) in [6, 6.07) is -4.41. The molecule has 0 saturated heterocycles. The van der Waals surface area contributed by atoms with E-state index in [1.807, 2.05) is 0 Å². The van der Waals surface area contributed by atoms with Gasteiger partial charge in [0.1, 0.15) is 32.6 Å². The molecule has 13 heteroatoms. The van der Waals surface area contributed by atoms with E-state index in [9.17, 15) is 33.6 Å². The second kappa shape index (κ2) is 15.8. The van der Waals surface area contributed by atoms with E-state index >= 15 is 0 Å². The minimum atomic E-state index is -1.24. The number of carbonyl (C=O) groups is 7. The van der Waals surface area contributed by atoms with Gasteiger partial charge in [0.25, 0.3) is 0 Å². The number of ether oxygens (including phenoxy) is 1. The lowest BCUT2D eigenvalue weighted by molar-refractivity contribution is -0.147. The topological polar surface area (TPSA) is 177 Å². The van der Waals surface area contributed by atoms with Crippen molar-refractivity contribution >= 4 is 54.8 Å². The predicted octanol–water partition coefficient (Wildman–Crippen LogP) is -1.59. The number of esters is 1. The Morgan fingerprint density at radius 3 is 2.00 bits per heavy atom. The Balaban J connectivity index is 5.11. The van der Waals surface area contributed by atoms with E-state index in [1.54, 1.807) is 6.92 Å². The van der Waals surface area contributed by atoms with Gasteiger partial charge in [0.05, 0.1) is 17.3 Å². The Kier molecular flexibility index (Phi) is 13.4. The van der Waals surface area contributed by atoms with Crippen molar-refractivity contribution in [3.63, 3.8) is 0 Å². The monoisotopic (exact) mass is 490 g/mol. The highest BCUT2D eigenvalue weighted by atomic mass is 32.1. The van der Waals surface area contributed by atoms with Gasteiger partial charge in [-0.15, -0.1) is 0 Å². The van der Waals surface area contributed by atoms with Gasteiger partial charge in [-0.2, -0.15) is 12.6 Å². The molecule has 12 nitrogen and oxygen atoms in total. The van der Waals surface area contributed by atoms with Crippen molar-refractivity contribution in [3.05, 3.63) is 0 Å². The highest BCUT2D eigenvalue weighted by Gasteiger charge is 2.26. The van der Waals surface area contributed by atoms with Crippen LogP contribution in [0.4, 0.5) is 0 Å². The molecule has 5 atom stereocenters. The molecule has 186 valence electrons. The molecule has 0 radical (unpaired) electrons. The maximum Gasteiger partial charge on any atom is 0.305 e. The first-order chi connectivity index (χ1) is 15.8. The van der Waals surface area contributed by atoms with Gasteiger partial charge in [0.2, 0.25) is 23.6 Å². The van der Waals surface area contributed by atoms with Crippen LogP contribution in [0.15, 0.2) is 0 Å². The Bertz CT molecular complexity index is 780. The largest absolute Gasteiger partial charge is 0.463 e. The summed E-state index contributed by atoms with van der Waals surface area (Å²) in [5, 5.41) is 8.64. The first kappa shape index (κ1) is 28.1. The van der Waals surface area contributed by atoms with Crippen LogP contribution in [0.25, 0.3) is 0 Å². The van der Waals surface area contributed by atoms with Gasteiger partial charge in [0, 0.05) is 12.8 Å². The average molecular weight is 491 g/mol. The Morgan fingerprint density at radius 2 is 1.48 bits per heavy atom. The average Bonchev–Trinajstić information content (AvgIpc) is 2.77. The van der Waals surface area contributed by atoms with Crippen LogP contribution >= 0.6 is 12.6 Å². The lowest BCUT2D eigenvalue weighted by Crippen LogP contribution is -2.52. The summed E-state index contributed by atoms with van der Waals surface area (Å²) < 4.78 is 12.1. The molecule has 0 rings (SSSR count). The SMILES string of the molecule is [3H]C(=O)C(C)NC(=O)C(CCC(=O)OCC(NC(=O)CC)C(=O)NC(C)C=O)NC(=O)C(C)S. The molecule has 4 amide bonds. The Labute approximate surface area is 199 Å². The maximum atomic E-state index is 12.4. The lowest BCUT2D eigenvalue weighted by Gasteiger charge is -2.21. The third-order valence-electron chi connectivity index (χ3n) is 4.14. The van der Waals surface area contributed by atoms with E-state index in [1.165, 1.54) is 20.8 Å². The van der Waals surface area contributed by atoms with Crippen LogP contribution in [0, 0.1) is 0 Å². The highest BCUT2D eigenvalue weighted by Crippen LogP contribution is 2.04. The van der Waals surface area contributed by atoms with Crippen molar-refractivity contribution in [3.8, 4) is 0 Å². The van der Waals surface area contributed by atoms with Gasteiger partial charge in [-0.3, -0.25) is 24.0 Å². The number of carbonyl (C=O) groups excluding carboxylic acids is 7. The van der Waals surface area contributed by atoms with Crippen LogP contribution in [-0.4, -0.2) is 78.2 Å². The van der Waals surface area contributed by atoms with Crippen LogP contribution in [0.3, 0.4) is 0 Å².